The molecule has 2 aromatic carbocycles. The summed E-state index contributed by atoms with van der Waals surface area (Å²) in [5.41, 5.74) is 1.36. The SMILES string of the molecule is COC1CCCC1(OC)c1cc(F)cc(OC(C)Cc2ccccc2)c1. The molecule has 3 nitrogen and oxygen atoms in total. The minimum Gasteiger partial charge on any atom is -0.490 e. The van der Waals surface area contributed by atoms with Gasteiger partial charge in [-0.15, -0.1) is 0 Å². The lowest BCUT2D eigenvalue weighted by Crippen LogP contribution is -2.38. The van der Waals surface area contributed by atoms with Crippen LogP contribution in [-0.4, -0.2) is 26.4 Å². The number of rotatable bonds is 7. The number of halogens is 1. The zero-order valence-electron chi connectivity index (χ0n) is 15.7. The molecule has 0 amide bonds. The molecule has 1 saturated carbocycles. The molecule has 3 atom stereocenters. The third kappa shape index (κ3) is 3.92. The minimum atomic E-state index is -0.613. The highest BCUT2D eigenvalue weighted by Gasteiger charge is 2.45. The Hall–Kier alpha value is -1.91. The molecular weight excluding hydrogens is 331 g/mol. The van der Waals surface area contributed by atoms with E-state index in [0.717, 1.165) is 31.2 Å². The molecule has 0 heterocycles. The molecule has 0 radical (unpaired) electrons. The maximum absolute atomic E-state index is 14.3. The predicted octanol–water partition coefficient (Wildman–Crippen LogP) is 4.88. The number of hydrogen-bond acceptors (Lipinski definition) is 3. The van der Waals surface area contributed by atoms with Gasteiger partial charge < -0.3 is 14.2 Å². The molecule has 0 N–H and O–H groups in total. The average molecular weight is 358 g/mol. The van der Waals surface area contributed by atoms with Gasteiger partial charge >= 0.3 is 0 Å². The van der Waals surface area contributed by atoms with Crippen LogP contribution in [0.4, 0.5) is 4.39 Å². The van der Waals surface area contributed by atoms with Gasteiger partial charge in [0, 0.05) is 26.7 Å². The third-order valence-electron chi connectivity index (χ3n) is 5.25. The predicted molar refractivity (Wildman–Crippen MR) is 100.0 cm³/mol. The van der Waals surface area contributed by atoms with E-state index in [9.17, 15) is 4.39 Å². The highest BCUT2D eigenvalue weighted by Crippen LogP contribution is 2.44. The third-order valence-corrected chi connectivity index (χ3v) is 5.25. The lowest BCUT2D eigenvalue weighted by Gasteiger charge is -2.34. The number of ether oxygens (including phenoxy) is 3. The van der Waals surface area contributed by atoms with E-state index in [1.165, 1.54) is 17.7 Å². The highest BCUT2D eigenvalue weighted by molar-refractivity contribution is 5.35. The Morgan fingerprint density at radius 2 is 1.92 bits per heavy atom. The van der Waals surface area contributed by atoms with Crippen LogP contribution in [0.3, 0.4) is 0 Å². The van der Waals surface area contributed by atoms with Gasteiger partial charge in [0.15, 0.2) is 0 Å². The maximum atomic E-state index is 14.3. The molecule has 0 spiro atoms. The summed E-state index contributed by atoms with van der Waals surface area (Å²) >= 11 is 0. The molecule has 140 valence electrons. The van der Waals surface area contributed by atoms with Crippen LogP contribution in [0.25, 0.3) is 0 Å². The molecule has 1 aliphatic rings. The summed E-state index contributed by atoms with van der Waals surface area (Å²) in [5.74, 6) is 0.212. The van der Waals surface area contributed by atoms with E-state index in [1.807, 2.05) is 31.2 Å². The van der Waals surface area contributed by atoms with Crippen molar-refractivity contribution in [2.24, 2.45) is 0 Å². The molecule has 1 fully saturated rings. The standard InChI is InChI=1S/C22H27FO3/c1-16(12-17-8-5-4-6-9-17)26-20-14-18(13-19(23)15-20)22(25-3)11-7-10-21(22)24-2/h4-6,8-9,13-16,21H,7,10-12H2,1-3H3. The number of benzene rings is 2. The van der Waals surface area contributed by atoms with E-state index < -0.39 is 5.60 Å². The van der Waals surface area contributed by atoms with Crippen LogP contribution in [0.1, 0.15) is 37.3 Å². The van der Waals surface area contributed by atoms with Gasteiger partial charge in [0.05, 0.1) is 12.2 Å². The molecule has 26 heavy (non-hydrogen) atoms. The van der Waals surface area contributed by atoms with Gasteiger partial charge in [-0.25, -0.2) is 4.39 Å². The van der Waals surface area contributed by atoms with Gasteiger partial charge in [0.2, 0.25) is 0 Å². The first-order valence-corrected chi connectivity index (χ1v) is 9.17. The molecule has 1 aliphatic carbocycles. The Bertz CT molecular complexity index is 719. The zero-order chi connectivity index (χ0) is 18.6. The van der Waals surface area contributed by atoms with Crippen molar-refractivity contribution >= 4 is 0 Å². The maximum Gasteiger partial charge on any atom is 0.127 e. The van der Waals surface area contributed by atoms with Crippen LogP contribution in [0.15, 0.2) is 48.5 Å². The monoisotopic (exact) mass is 358 g/mol. The van der Waals surface area contributed by atoms with Gasteiger partial charge in [0.25, 0.3) is 0 Å². The molecule has 0 bridgehead atoms. The van der Waals surface area contributed by atoms with Gasteiger partial charge in [-0.2, -0.15) is 0 Å². The summed E-state index contributed by atoms with van der Waals surface area (Å²) < 4.78 is 31.8. The second-order valence-electron chi connectivity index (χ2n) is 7.00. The second-order valence-corrected chi connectivity index (χ2v) is 7.00. The number of methoxy groups -OCH3 is 2. The molecule has 0 saturated heterocycles. The Kier molecular flexibility index (Phi) is 5.94. The summed E-state index contributed by atoms with van der Waals surface area (Å²) in [6, 6.07) is 15.0. The van der Waals surface area contributed by atoms with E-state index in [-0.39, 0.29) is 18.0 Å². The Balaban J connectivity index is 1.81. The van der Waals surface area contributed by atoms with Crippen molar-refractivity contribution in [2.45, 2.75) is 50.4 Å². The topological polar surface area (TPSA) is 27.7 Å². The largest absolute Gasteiger partial charge is 0.490 e. The Labute approximate surface area is 155 Å². The van der Waals surface area contributed by atoms with Crippen LogP contribution in [0.2, 0.25) is 0 Å². The van der Waals surface area contributed by atoms with Crippen molar-refractivity contribution in [3.8, 4) is 5.75 Å². The van der Waals surface area contributed by atoms with Crippen molar-refractivity contribution in [2.75, 3.05) is 14.2 Å². The van der Waals surface area contributed by atoms with E-state index in [0.29, 0.717) is 5.75 Å². The lowest BCUT2D eigenvalue weighted by molar-refractivity contribution is -0.104. The zero-order valence-corrected chi connectivity index (χ0v) is 15.7. The summed E-state index contributed by atoms with van der Waals surface area (Å²) in [4.78, 5) is 0. The first-order valence-electron chi connectivity index (χ1n) is 9.17. The Morgan fingerprint density at radius 1 is 1.15 bits per heavy atom. The first-order chi connectivity index (χ1) is 12.6. The van der Waals surface area contributed by atoms with Gasteiger partial charge in [-0.05, 0) is 49.4 Å². The summed E-state index contributed by atoms with van der Waals surface area (Å²) in [7, 11) is 3.35. The van der Waals surface area contributed by atoms with E-state index in [1.54, 1.807) is 14.2 Å². The summed E-state index contributed by atoms with van der Waals surface area (Å²) in [6.45, 7) is 2.00. The first kappa shape index (κ1) is 18.9. The minimum absolute atomic E-state index is 0.0626. The lowest BCUT2D eigenvalue weighted by atomic mass is 9.89. The molecule has 4 heteroatoms. The number of hydrogen-bond donors (Lipinski definition) is 0. The van der Waals surface area contributed by atoms with Crippen molar-refractivity contribution < 1.29 is 18.6 Å². The van der Waals surface area contributed by atoms with Gasteiger partial charge in [0.1, 0.15) is 17.2 Å². The smallest absolute Gasteiger partial charge is 0.127 e. The van der Waals surface area contributed by atoms with E-state index in [2.05, 4.69) is 12.1 Å². The van der Waals surface area contributed by atoms with Crippen LogP contribution in [0.5, 0.6) is 5.75 Å². The Morgan fingerprint density at radius 3 is 2.62 bits per heavy atom. The van der Waals surface area contributed by atoms with Gasteiger partial charge in [-0.3, -0.25) is 0 Å². The van der Waals surface area contributed by atoms with Crippen molar-refractivity contribution in [1.82, 2.24) is 0 Å². The van der Waals surface area contributed by atoms with Crippen LogP contribution < -0.4 is 4.74 Å². The van der Waals surface area contributed by atoms with Gasteiger partial charge in [-0.1, -0.05) is 30.3 Å². The molecule has 3 unspecified atom stereocenters. The van der Waals surface area contributed by atoms with Crippen molar-refractivity contribution in [3.05, 3.63) is 65.5 Å². The van der Waals surface area contributed by atoms with E-state index in [4.69, 9.17) is 14.2 Å². The van der Waals surface area contributed by atoms with Crippen LogP contribution in [-0.2, 0) is 21.5 Å². The van der Waals surface area contributed by atoms with E-state index >= 15 is 0 Å². The summed E-state index contributed by atoms with van der Waals surface area (Å²) in [5, 5.41) is 0. The molecule has 0 aliphatic heterocycles. The fourth-order valence-electron chi connectivity index (χ4n) is 4.03. The fourth-order valence-corrected chi connectivity index (χ4v) is 4.03. The summed E-state index contributed by atoms with van der Waals surface area (Å²) in [6.07, 6.45) is 3.33. The second kappa shape index (κ2) is 8.19. The van der Waals surface area contributed by atoms with Crippen molar-refractivity contribution in [1.29, 1.82) is 0 Å². The van der Waals surface area contributed by atoms with Crippen LogP contribution in [0, 0.1) is 5.82 Å². The highest BCUT2D eigenvalue weighted by atomic mass is 19.1. The quantitative estimate of drug-likeness (QED) is 0.706. The van der Waals surface area contributed by atoms with Crippen molar-refractivity contribution in [3.63, 3.8) is 0 Å². The average Bonchev–Trinajstić information content (AvgIpc) is 3.06. The molecule has 0 aromatic heterocycles. The molecule has 2 aromatic rings. The molecule has 3 rings (SSSR count). The fraction of sp³-hybridized carbons (Fsp3) is 0.455. The normalized spacial score (nSPS) is 23.8. The van der Waals surface area contributed by atoms with Crippen LogP contribution >= 0.6 is 0 Å². The molecular formula is C22H27FO3.